The third-order valence-electron chi connectivity index (χ3n) is 5.87. The van der Waals surface area contributed by atoms with E-state index in [2.05, 4.69) is 182 Å². The summed E-state index contributed by atoms with van der Waals surface area (Å²) in [5, 5.41) is 0. The van der Waals surface area contributed by atoms with Crippen LogP contribution >= 0.6 is 0 Å². The average Bonchev–Trinajstić information content (AvgIpc) is 3.04. The Balaban J connectivity index is 0.000000171. The van der Waals surface area contributed by atoms with Gasteiger partial charge in [-0.25, -0.2) is 0 Å². The molecule has 0 unspecified atom stereocenters. The number of rotatable bonds is 6. The molecule has 43 heavy (non-hydrogen) atoms. The van der Waals surface area contributed by atoms with Crippen molar-refractivity contribution in [2.75, 3.05) is 0 Å². The molecular weight excluding hydrogens is 593 g/mol. The maximum Gasteiger partial charge on any atom is 0.166 e. The lowest BCUT2D eigenvalue weighted by molar-refractivity contribution is 0.352. The fourth-order valence-corrected chi connectivity index (χ4v) is 8.36. The Morgan fingerprint density at radius 2 is 0.419 bits per heavy atom. The van der Waals surface area contributed by atoms with Crippen molar-refractivity contribution in [3.63, 3.8) is 0 Å². The van der Waals surface area contributed by atoms with Gasteiger partial charge in [0.15, 0.2) is 29.4 Å². The van der Waals surface area contributed by atoms with E-state index < -0.39 is 10.4 Å². The monoisotopic (exact) mass is 622 g/mol. The van der Waals surface area contributed by atoms with E-state index in [0.29, 0.717) is 0 Å². The first-order valence-electron chi connectivity index (χ1n) is 13.4. The van der Waals surface area contributed by atoms with Crippen LogP contribution in [0.15, 0.2) is 211 Å². The average molecular weight is 623 g/mol. The fourth-order valence-electron chi connectivity index (χ4n) is 4.16. The highest BCUT2D eigenvalue weighted by molar-refractivity contribution is 7.97. The molecule has 0 fully saturated rings. The van der Waals surface area contributed by atoms with Crippen molar-refractivity contribution in [3.05, 3.63) is 182 Å². The smallest absolute Gasteiger partial charge is 0.166 e. The van der Waals surface area contributed by atoms with Crippen LogP contribution in [0.5, 0.6) is 0 Å². The minimum absolute atomic E-state index is 0.0146. The third-order valence-corrected chi connectivity index (χ3v) is 10.3. The summed E-state index contributed by atoms with van der Waals surface area (Å²) in [6, 6.07) is 64.3. The molecule has 6 aromatic rings. The van der Waals surface area contributed by atoms with E-state index >= 15 is 0 Å². The van der Waals surface area contributed by atoms with Gasteiger partial charge in [0.25, 0.3) is 0 Å². The van der Waals surface area contributed by atoms with Gasteiger partial charge in [0.2, 0.25) is 0 Å². The summed E-state index contributed by atoms with van der Waals surface area (Å²) < 4.78 is 34.1. The standard InChI is InChI=1S/2C18H15S.H2O4S/c2*1-4-10-16(11-5-1)19(17-12-6-2-7-13-17)18-14-8-3-9-15-18;1-5(2,3)4/h2*1-15H;(H2,1,2,3,4)/q2*+1;/p-2. The zero-order valence-corrected chi connectivity index (χ0v) is 25.6. The predicted octanol–water partition coefficient (Wildman–Crippen LogP) is 8.23. The van der Waals surface area contributed by atoms with Crippen molar-refractivity contribution in [1.82, 2.24) is 0 Å². The van der Waals surface area contributed by atoms with Gasteiger partial charge in [0, 0.05) is 10.4 Å². The lowest BCUT2D eigenvalue weighted by atomic mass is 10.4. The minimum Gasteiger partial charge on any atom is -0.759 e. The maximum atomic E-state index is 8.52. The summed E-state index contributed by atoms with van der Waals surface area (Å²) in [6.45, 7) is 0. The van der Waals surface area contributed by atoms with E-state index in [-0.39, 0.29) is 21.8 Å². The number of benzene rings is 6. The number of hydrogen-bond donors (Lipinski definition) is 0. The van der Waals surface area contributed by atoms with E-state index in [1.165, 1.54) is 29.4 Å². The van der Waals surface area contributed by atoms with Gasteiger partial charge < -0.3 is 9.11 Å². The number of hydrogen-bond acceptors (Lipinski definition) is 4. The van der Waals surface area contributed by atoms with Crippen LogP contribution in [0.25, 0.3) is 0 Å². The van der Waals surface area contributed by atoms with Crippen LogP contribution in [0.4, 0.5) is 0 Å². The Morgan fingerprint density at radius 3 is 0.535 bits per heavy atom. The van der Waals surface area contributed by atoms with Crippen LogP contribution in [-0.4, -0.2) is 17.5 Å². The molecule has 0 atom stereocenters. The third kappa shape index (κ3) is 10.6. The lowest BCUT2D eigenvalue weighted by Crippen LogP contribution is -2.04. The van der Waals surface area contributed by atoms with Gasteiger partial charge in [-0.3, -0.25) is 8.42 Å². The minimum atomic E-state index is -5.17. The molecule has 216 valence electrons. The van der Waals surface area contributed by atoms with Gasteiger partial charge in [0.1, 0.15) is 0 Å². The molecular formula is C36H30O4S3. The molecule has 0 bridgehead atoms. The molecule has 0 N–H and O–H groups in total. The first kappa shape index (κ1) is 31.8. The summed E-state index contributed by atoms with van der Waals surface area (Å²) in [6.07, 6.45) is 0. The highest BCUT2D eigenvalue weighted by Gasteiger charge is 2.28. The van der Waals surface area contributed by atoms with Crippen LogP contribution in [0.1, 0.15) is 0 Å². The van der Waals surface area contributed by atoms with Crippen molar-refractivity contribution in [2.45, 2.75) is 29.4 Å². The maximum absolute atomic E-state index is 8.52. The summed E-state index contributed by atoms with van der Waals surface area (Å²) in [5.41, 5.74) is 0. The quantitative estimate of drug-likeness (QED) is 0.106. The Morgan fingerprint density at radius 1 is 0.302 bits per heavy atom. The normalized spacial score (nSPS) is 10.7. The molecule has 0 amide bonds. The molecule has 0 aliphatic rings. The first-order valence-corrected chi connectivity index (χ1v) is 17.1. The Hall–Kier alpha value is -4.11. The summed E-state index contributed by atoms with van der Waals surface area (Å²) in [5.74, 6) is 0. The lowest BCUT2D eigenvalue weighted by Gasteiger charge is -2.07. The second-order valence-electron chi connectivity index (χ2n) is 8.90. The molecule has 0 aliphatic heterocycles. The zero-order chi connectivity index (χ0) is 30.3. The Labute approximate surface area is 260 Å². The van der Waals surface area contributed by atoms with Gasteiger partial charge in [0.05, 0.1) is 21.8 Å². The molecule has 0 saturated carbocycles. The predicted molar refractivity (Wildman–Crippen MR) is 173 cm³/mol. The molecule has 6 aromatic carbocycles. The molecule has 4 nitrogen and oxygen atoms in total. The van der Waals surface area contributed by atoms with Crippen LogP contribution in [0, 0.1) is 0 Å². The van der Waals surface area contributed by atoms with E-state index in [4.69, 9.17) is 17.5 Å². The molecule has 0 spiro atoms. The first-order chi connectivity index (χ1) is 20.9. The highest BCUT2D eigenvalue weighted by Crippen LogP contribution is 2.31. The van der Waals surface area contributed by atoms with Crippen LogP contribution < -0.4 is 0 Å². The molecule has 7 heteroatoms. The van der Waals surface area contributed by atoms with Gasteiger partial charge in [-0.05, 0) is 72.8 Å². The topological polar surface area (TPSA) is 80.3 Å². The second-order valence-corrected chi connectivity index (χ2v) is 13.8. The molecule has 0 saturated heterocycles. The van der Waals surface area contributed by atoms with E-state index in [0.717, 1.165) is 0 Å². The van der Waals surface area contributed by atoms with E-state index in [1.54, 1.807) is 0 Å². The molecule has 0 heterocycles. The van der Waals surface area contributed by atoms with Crippen molar-refractivity contribution < 1.29 is 17.5 Å². The van der Waals surface area contributed by atoms with Crippen molar-refractivity contribution in [3.8, 4) is 0 Å². The van der Waals surface area contributed by atoms with Gasteiger partial charge >= 0.3 is 0 Å². The fraction of sp³-hybridized carbons (Fsp3) is 0. The van der Waals surface area contributed by atoms with Crippen molar-refractivity contribution in [2.24, 2.45) is 0 Å². The van der Waals surface area contributed by atoms with E-state index in [1.807, 2.05) is 0 Å². The summed E-state index contributed by atoms with van der Waals surface area (Å²) in [7, 11) is -5.20. The zero-order valence-electron chi connectivity index (χ0n) is 23.2. The SMILES string of the molecule is O=S(=O)([O-])[O-].c1ccc([S+](c2ccccc2)c2ccccc2)cc1.c1ccc([S+](c2ccccc2)c2ccccc2)cc1. The highest BCUT2D eigenvalue weighted by atomic mass is 32.3. The Kier molecular flexibility index (Phi) is 12.2. The van der Waals surface area contributed by atoms with Crippen molar-refractivity contribution >= 4 is 32.2 Å². The summed E-state index contributed by atoms with van der Waals surface area (Å²) in [4.78, 5) is 8.17. The Bertz CT molecular complexity index is 1410. The van der Waals surface area contributed by atoms with Crippen LogP contribution in [0.2, 0.25) is 0 Å². The van der Waals surface area contributed by atoms with Crippen LogP contribution in [0.3, 0.4) is 0 Å². The molecule has 0 radical (unpaired) electrons. The molecule has 0 aliphatic carbocycles. The summed E-state index contributed by atoms with van der Waals surface area (Å²) >= 11 is 0. The second kappa shape index (κ2) is 16.5. The van der Waals surface area contributed by atoms with Gasteiger partial charge in [-0.15, -0.1) is 0 Å². The molecule has 6 rings (SSSR count). The van der Waals surface area contributed by atoms with E-state index in [9.17, 15) is 0 Å². The van der Waals surface area contributed by atoms with Gasteiger partial charge in [-0.2, -0.15) is 0 Å². The largest absolute Gasteiger partial charge is 0.759 e. The van der Waals surface area contributed by atoms with Crippen molar-refractivity contribution in [1.29, 1.82) is 0 Å². The molecule has 0 aromatic heterocycles. The van der Waals surface area contributed by atoms with Crippen LogP contribution in [-0.2, 0) is 32.2 Å². The van der Waals surface area contributed by atoms with Gasteiger partial charge in [-0.1, -0.05) is 109 Å².